The van der Waals surface area contributed by atoms with E-state index >= 15 is 0 Å². The predicted octanol–water partition coefficient (Wildman–Crippen LogP) is 17.7. The van der Waals surface area contributed by atoms with Crippen molar-refractivity contribution in [2.75, 3.05) is 4.90 Å². The molecule has 66 heavy (non-hydrogen) atoms. The Bertz CT molecular complexity index is 3550. The van der Waals surface area contributed by atoms with Crippen LogP contribution in [0.3, 0.4) is 0 Å². The molecule has 12 rings (SSSR count). The van der Waals surface area contributed by atoms with E-state index in [0.717, 1.165) is 17.1 Å². The molecule has 310 valence electrons. The van der Waals surface area contributed by atoms with Gasteiger partial charge in [-0.2, -0.15) is 0 Å². The summed E-state index contributed by atoms with van der Waals surface area (Å²) < 4.78 is 2.41. The normalized spacial score (nSPS) is 11.3. The second-order valence-electron chi connectivity index (χ2n) is 16.9. The zero-order chi connectivity index (χ0) is 43.8. The molecule has 1 heterocycles. The van der Waals surface area contributed by atoms with Gasteiger partial charge in [-0.3, -0.25) is 0 Å². The van der Waals surface area contributed by atoms with Crippen LogP contribution in [0.15, 0.2) is 267 Å². The van der Waals surface area contributed by atoms with E-state index in [0.29, 0.717) is 0 Å². The second-order valence-corrected chi connectivity index (χ2v) is 16.9. The second kappa shape index (κ2) is 16.8. The Morgan fingerprint density at radius 3 is 1.21 bits per heavy atom. The fourth-order valence-electron chi connectivity index (χ4n) is 9.76. The molecule has 1 aromatic heterocycles. The lowest BCUT2D eigenvalue weighted by molar-refractivity contribution is 1.18. The van der Waals surface area contributed by atoms with Gasteiger partial charge in [0.1, 0.15) is 0 Å². The molecular weight excluding hydrogens is 797 g/mol. The van der Waals surface area contributed by atoms with E-state index in [1.54, 1.807) is 0 Å². The first-order valence-corrected chi connectivity index (χ1v) is 22.7. The van der Waals surface area contributed by atoms with Gasteiger partial charge in [0.2, 0.25) is 0 Å². The highest BCUT2D eigenvalue weighted by Gasteiger charge is 2.18. The molecule has 0 fully saturated rings. The average Bonchev–Trinajstić information content (AvgIpc) is 3.74. The maximum atomic E-state index is 2.41. The van der Waals surface area contributed by atoms with Crippen LogP contribution >= 0.6 is 0 Å². The summed E-state index contributed by atoms with van der Waals surface area (Å²) in [6.07, 6.45) is 0. The molecule has 0 aliphatic heterocycles. The van der Waals surface area contributed by atoms with Crippen LogP contribution in [-0.4, -0.2) is 4.57 Å². The molecule has 0 saturated heterocycles. The molecule has 0 atom stereocenters. The summed E-state index contributed by atoms with van der Waals surface area (Å²) in [6.45, 7) is 0. The van der Waals surface area contributed by atoms with E-state index in [1.807, 2.05) is 0 Å². The van der Waals surface area contributed by atoms with E-state index < -0.39 is 0 Å². The van der Waals surface area contributed by atoms with Crippen molar-refractivity contribution in [3.63, 3.8) is 0 Å². The van der Waals surface area contributed by atoms with Crippen LogP contribution < -0.4 is 4.90 Å². The van der Waals surface area contributed by atoms with Crippen LogP contribution in [0.25, 0.3) is 93.9 Å². The number of rotatable bonds is 9. The lowest BCUT2D eigenvalue weighted by Crippen LogP contribution is -2.10. The molecule has 0 aliphatic carbocycles. The van der Waals surface area contributed by atoms with Crippen molar-refractivity contribution in [3.8, 4) is 61.3 Å². The van der Waals surface area contributed by atoms with Gasteiger partial charge in [0, 0.05) is 33.1 Å². The first kappa shape index (κ1) is 38.9. The molecule has 0 unspecified atom stereocenters. The molecule has 2 nitrogen and oxygen atoms in total. The maximum absolute atomic E-state index is 2.41. The molecule has 0 radical (unpaired) electrons. The maximum Gasteiger partial charge on any atom is 0.0541 e. The molecule has 0 N–H and O–H groups in total. The Morgan fingerprint density at radius 2 is 0.652 bits per heavy atom. The highest BCUT2D eigenvalue weighted by Crippen LogP contribution is 2.42. The molecule has 0 aliphatic rings. The number of hydrogen-bond acceptors (Lipinski definition) is 1. The zero-order valence-electron chi connectivity index (χ0n) is 36.3. The van der Waals surface area contributed by atoms with Crippen molar-refractivity contribution in [2.24, 2.45) is 0 Å². The summed E-state index contributed by atoms with van der Waals surface area (Å²) in [5.41, 5.74) is 18.8. The van der Waals surface area contributed by atoms with Crippen molar-refractivity contribution >= 4 is 49.6 Å². The Hall–Kier alpha value is -8.72. The highest BCUT2D eigenvalue weighted by molar-refractivity contribution is 6.10. The lowest BCUT2D eigenvalue weighted by Gasteiger charge is -2.27. The fraction of sp³-hybridized carbons (Fsp3) is 0. The molecule has 11 aromatic carbocycles. The number of para-hydroxylation sites is 3. The van der Waals surface area contributed by atoms with E-state index in [1.165, 1.54) is 93.9 Å². The predicted molar refractivity (Wildman–Crippen MR) is 280 cm³/mol. The summed E-state index contributed by atoms with van der Waals surface area (Å²) in [7, 11) is 0. The summed E-state index contributed by atoms with van der Waals surface area (Å²) in [5.74, 6) is 0. The Morgan fingerprint density at radius 1 is 0.258 bits per heavy atom. The molecule has 0 spiro atoms. The highest BCUT2D eigenvalue weighted by atomic mass is 15.1. The van der Waals surface area contributed by atoms with Crippen LogP contribution in [-0.2, 0) is 0 Å². The number of aromatic nitrogens is 1. The standard InChI is InChI=1S/C64H44N2/c1-3-16-45(17-4-1)52-42-53(46-18-5-2-6-19-46)44-54(43-52)49-36-40-56(41-37-49)65(61-29-15-21-50-20-7-8-22-57(50)61)55-38-34-48(35-39-55)47-30-32-51(33-31-47)58-23-9-12-26-62(58)66-63-27-13-10-24-59(63)60-25-11-14-28-64(60)66/h1-44H. The van der Waals surface area contributed by atoms with Gasteiger partial charge >= 0.3 is 0 Å². The minimum absolute atomic E-state index is 1.09. The van der Waals surface area contributed by atoms with Crippen LogP contribution in [0, 0.1) is 0 Å². The van der Waals surface area contributed by atoms with Gasteiger partial charge in [-0.1, -0.05) is 200 Å². The number of nitrogens with zero attached hydrogens (tertiary/aromatic N) is 2. The number of fused-ring (bicyclic) bond motifs is 4. The molecular formula is C64H44N2. The number of benzene rings is 11. The third-order valence-corrected chi connectivity index (χ3v) is 13.0. The first-order valence-electron chi connectivity index (χ1n) is 22.7. The van der Waals surface area contributed by atoms with Crippen molar-refractivity contribution in [2.45, 2.75) is 0 Å². The average molecular weight is 841 g/mol. The van der Waals surface area contributed by atoms with Crippen LogP contribution in [0.2, 0.25) is 0 Å². The van der Waals surface area contributed by atoms with Crippen LogP contribution in [0.5, 0.6) is 0 Å². The topological polar surface area (TPSA) is 8.17 Å². The monoisotopic (exact) mass is 840 g/mol. The Kier molecular flexibility index (Phi) is 9.89. The minimum Gasteiger partial charge on any atom is -0.310 e. The Labute approximate surface area is 385 Å². The summed E-state index contributed by atoms with van der Waals surface area (Å²) >= 11 is 0. The number of hydrogen-bond donors (Lipinski definition) is 0. The van der Waals surface area contributed by atoms with E-state index in [2.05, 4.69) is 276 Å². The van der Waals surface area contributed by atoms with Crippen LogP contribution in [0.1, 0.15) is 0 Å². The molecule has 0 amide bonds. The number of anilines is 3. The van der Waals surface area contributed by atoms with Gasteiger partial charge in [0.25, 0.3) is 0 Å². The summed E-state index contributed by atoms with van der Waals surface area (Å²) in [5, 5.41) is 4.94. The fourth-order valence-corrected chi connectivity index (χ4v) is 9.76. The SMILES string of the molecule is c1ccc(-c2cc(-c3ccccc3)cc(-c3ccc(N(c4ccc(-c5ccc(-c6ccccc6-n6c7ccccc7c7ccccc76)cc5)cc4)c4cccc5ccccc45)cc3)c2)cc1. The first-order chi connectivity index (χ1) is 32.7. The molecule has 0 saturated carbocycles. The summed E-state index contributed by atoms with van der Waals surface area (Å²) in [6, 6.07) is 96.8. The minimum atomic E-state index is 1.09. The van der Waals surface area contributed by atoms with Gasteiger partial charge in [0.05, 0.1) is 22.4 Å². The van der Waals surface area contributed by atoms with Crippen LogP contribution in [0.4, 0.5) is 17.1 Å². The van der Waals surface area contributed by atoms with Crippen molar-refractivity contribution in [1.82, 2.24) is 4.57 Å². The molecule has 2 heteroatoms. The van der Waals surface area contributed by atoms with E-state index in [9.17, 15) is 0 Å². The van der Waals surface area contributed by atoms with Crippen molar-refractivity contribution < 1.29 is 0 Å². The Balaban J connectivity index is 0.894. The molecule has 12 aromatic rings. The lowest BCUT2D eigenvalue weighted by atomic mass is 9.93. The third-order valence-electron chi connectivity index (χ3n) is 13.0. The van der Waals surface area contributed by atoms with Crippen molar-refractivity contribution in [3.05, 3.63) is 267 Å². The van der Waals surface area contributed by atoms with Gasteiger partial charge in [-0.15, -0.1) is 0 Å². The van der Waals surface area contributed by atoms with Gasteiger partial charge in [0.15, 0.2) is 0 Å². The molecule has 0 bridgehead atoms. The van der Waals surface area contributed by atoms with Gasteiger partial charge in [-0.25, -0.2) is 0 Å². The van der Waals surface area contributed by atoms with Gasteiger partial charge < -0.3 is 9.47 Å². The largest absolute Gasteiger partial charge is 0.310 e. The summed E-state index contributed by atoms with van der Waals surface area (Å²) in [4.78, 5) is 2.39. The van der Waals surface area contributed by atoms with E-state index in [-0.39, 0.29) is 0 Å². The third kappa shape index (κ3) is 7.12. The van der Waals surface area contributed by atoms with Gasteiger partial charge in [-0.05, 0) is 122 Å². The quantitative estimate of drug-likeness (QED) is 0.141. The zero-order valence-corrected chi connectivity index (χ0v) is 36.3. The smallest absolute Gasteiger partial charge is 0.0541 e. The van der Waals surface area contributed by atoms with Crippen molar-refractivity contribution in [1.29, 1.82) is 0 Å². The van der Waals surface area contributed by atoms with E-state index in [4.69, 9.17) is 0 Å².